The van der Waals surface area contributed by atoms with Crippen LogP contribution in [0.15, 0.2) is 18.2 Å². The number of nitrogens with one attached hydrogen (secondary N) is 1. The third-order valence-corrected chi connectivity index (χ3v) is 2.56. The molecule has 0 fully saturated rings. The highest BCUT2D eigenvalue weighted by atomic mass is 16.5. The summed E-state index contributed by atoms with van der Waals surface area (Å²) in [6.45, 7) is 3.56. The molecular weight excluding hydrogens is 260 g/mol. The average molecular weight is 282 g/mol. The topological polar surface area (TPSA) is 82.8 Å². The molecule has 0 aliphatic rings. The third kappa shape index (κ3) is 5.07. The molecule has 20 heavy (non-hydrogen) atoms. The van der Waals surface area contributed by atoms with Gasteiger partial charge in [0.15, 0.2) is 18.1 Å². The Morgan fingerprint density at radius 3 is 2.80 bits per heavy atom. The molecule has 112 valence electrons. The molecule has 1 aromatic rings. The van der Waals surface area contributed by atoms with Crippen LogP contribution < -0.4 is 20.5 Å². The Labute approximate surface area is 119 Å². The van der Waals surface area contributed by atoms with E-state index in [1.165, 1.54) is 0 Å². The smallest absolute Gasteiger partial charge is 0.258 e. The van der Waals surface area contributed by atoms with Crippen molar-refractivity contribution in [2.24, 2.45) is 5.73 Å². The maximum absolute atomic E-state index is 11.6. The zero-order valence-electron chi connectivity index (χ0n) is 12.0. The number of para-hydroxylation sites is 1. The molecule has 0 radical (unpaired) electrons. The molecule has 0 atom stereocenters. The molecule has 0 aliphatic heterocycles. The minimum atomic E-state index is -0.212. The van der Waals surface area contributed by atoms with Gasteiger partial charge in [-0.1, -0.05) is 12.1 Å². The molecule has 0 heterocycles. The van der Waals surface area contributed by atoms with Crippen molar-refractivity contribution in [1.29, 1.82) is 0 Å². The van der Waals surface area contributed by atoms with Gasteiger partial charge in [-0.25, -0.2) is 0 Å². The molecule has 1 amide bonds. The largest absolute Gasteiger partial charge is 0.490 e. The second-order valence-electron chi connectivity index (χ2n) is 4.01. The van der Waals surface area contributed by atoms with E-state index in [2.05, 4.69) is 5.32 Å². The number of nitrogens with two attached hydrogens (primary N) is 1. The lowest BCUT2D eigenvalue weighted by Gasteiger charge is -2.15. The Hall–Kier alpha value is -1.79. The van der Waals surface area contributed by atoms with Crippen molar-refractivity contribution >= 4 is 5.91 Å². The average Bonchev–Trinajstić information content (AvgIpc) is 2.46. The monoisotopic (exact) mass is 282 g/mol. The van der Waals surface area contributed by atoms with Gasteiger partial charge >= 0.3 is 0 Å². The van der Waals surface area contributed by atoms with Gasteiger partial charge in [0.25, 0.3) is 5.91 Å². The van der Waals surface area contributed by atoms with E-state index in [1.807, 2.05) is 19.1 Å². The summed E-state index contributed by atoms with van der Waals surface area (Å²) < 4.78 is 15.9. The number of hydrogen-bond donors (Lipinski definition) is 2. The number of carbonyl (C=O) groups is 1. The van der Waals surface area contributed by atoms with Crippen LogP contribution in [0.3, 0.4) is 0 Å². The maximum Gasteiger partial charge on any atom is 0.258 e. The van der Waals surface area contributed by atoms with Crippen LogP contribution in [-0.2, 0) is 16.1 Å². The Morgan fingerprint density at radius 1 is 1.35 bits per heavy atom. The van der Waals surface area contributed by atoms with E-state index in [-0.39, 0.29) is 12.5 Å². The van der Waals surface area contributed by atoms with E-state index in [9.17, 15) is 4.79 Å². The predicted octanol–water partition coefficient (Wildman–Crippen LogP) is 0.685. The molecule has 0 unspecified atom stereocenters. The highest BCUT2D eigenvalue weighted by molar-refractivity contribution is 5.77. The summed E-state index contributed by atoms with van der Waals surface area (Å²) in [6.07, 6.45) is 0. The lowest BCUT2D eigenvalue weighted by Crippen LogP contribution is -2.31. The van der Waals surface area contributed by atoms with Crippen molar-refractivity contribution in [3.8, 4) is 11.5 Å². The molecule has 1 rings (SSSR count). The van der Waals surface area contributed by atoms with Crippen LogP contribution in [0.4, 0.5) is 0 Å². The summed E-state index contributed by atoms with van der Waals surface area (Å²) in [5, 5.41) is 2.68. The Bertz CT molecular complexity index is 424. The molecule has 0 spiro atoms. The van der Waals surface area contributed by atoms with Gasteiger partial charge in [0.05, 0.1) is 13.2 Å². The Balaban J connectivity index is 2.63. The fourth-order valence-corrected chi connectivity index (χ4v) is 1.64. The van der Waals surface area contributed by atoms with Gasteiger partial charge in [0.2, 0.25) is 0 Å². The standard InChI is InChI=1S/C14H22N2O4/c1-3-19-12-6-4-5-11(9-15)14(12)20-10-13(17)16-7-8-18-2/h4-6H,3,7-10,15H2,1-2H3,(H,16,17). The van der Waals surface area contributed by atoms with Gasteiger partial charge in [-0.15, -0.1) is 0 Å². The molecule has 0 aliphatic carbocycles. The van der Waals surface area contributed by atoms with Crippen LogP contribution in [0.2, 0.25) is 0 Å². The Kier molecular flexibility index (Phi) is 7.46. The minimum Gasteiger partial charge on any atom is -0.490 e. The van der Waals surface area contributed by atoms with Crippen LogP contribution in [0, 0.1) is 0 Å². The zero-order chi connectivity index (χ0) is 14.8. The molecule has 1 aromatic carbocycles. The highest BCUT2D eigenvalue weighted by Crippen LogP contribution is 2.31. The molecule has 3 N–H and O–H groups in total. The molecule has 0 saturated heterocycles. The van der Waals surface area contributed by atoms with Crippen molar-refractivity contribution in [3.63, 3.8) is 0 Å². The minimum absolute atomic E-state index is 0.0825. The molecular formula is C14H22N2O4. The number of benzene rings is 1. The second-order valence-corrected chi connectivity index (χ2v) is 4.01. The summed E-state index contributed by atoms with van der Waals surface area (Å²) in [5.74, 6) is 0.912. The van der Waals surface area contributed by atoms with E-state index in [1.54, 1.807) is 13.2 Å². The van der Waals surface area contributed by atoms with Gasteiger partial charge in [-0.3, -0.25) is 4.79 Å². The fourth-order valence-electron chi connectivity index (χ4n) is 1.64. The van der Waals surface area contributed by atoms with E-state index in [0.29, 0.717) is 37.8 Å². The lowest BCUT2D eigenvalue weighted by molar-refractivity contribution is -0.123. The highest BCUT2D eigenvalue weighted by Gasteiger charge is 2.11. The first-order valence-electron chi connectivity index (χ1n) is 6.56. The SMILES string of the molecule is CCOc1cccc(CN)c1OCC(=O)NCCOC. The molecule has 6 nitrogen and oxygen atoms in total. The Morgan fingerprint density at radius 2 is 2.15 bits per heavy atom. The van der Waals surface area contributed by atoms with E-state index in [0.717, 1.165) is 5.56 Å². The van der Waals surface area contributed by atoms with Crippen molar-refractivity contribution in [1.82, 2.24) is 5.32 Å². The first kappa shape index (κ1) is 16.3. The molecule has 0 aromatic heterocycles. The van der Waals surface area contributed by atoms with Crippen molar-refractivity contribution in [3.05, 3.63) is 23.8 Å². The quantitative estimate of drug-likeness (QED) is 0.651. The summed E-state index contributed by atoms with van der Waals surface area (Å²) in [6, 6.07) is 5.49. The zero-order valence-corrected chi connectivity index (χ0v) is 12.0. The maximum atomic E-state index is 11.6. The van der Waals surface area contributed by atoms with Gasteiger partial charge in [0, 0.05) is 25.8 Å². The van der Waals surface area contributed by atoms with E-state index >= 15 is 0 Å². The van der Waals surface area contributed by atoms with Crippen LogP contribution in [0.25, 0.3) is 0 Å². The first-order valence-corrected chi connectivity index (χ1v) is 6.56. The summed E-state index contributed by atoms with van der Waals surface area (Å²) >= 11 is 0. The molecule has 0 saturated carbocycles. The van der Waals surface area contributed by atoms with Gasteiger partial charge < -0.3 is 25.3 Å². The van der Waals surface area contributed by atoms with Crippen molar-refractivity contribution in [2.75, 3.05) is 33.5 Å². The summed E-state index contributed by atoms with van der Waals surface area (Å²) in [4.78, 5) is 11.6. The van der Waals surface area contributed by atoms with Crippen LogP contribution in [0.1, 0.15) is 12.5 Å². The number of hydrogen-bond acceptors (Lipinski definition) is 5. The normalized spacial score (nSPS) is 10.2. The van der Waals surface area contributed by atoms with Crippen LogP contribution >= 0.6 is 0 Å². The van der Waals surface area contributed by atoms with Gasteiger partial charge in [-0.2, -0.15) is 0 Å². The number of ether oxygens (including phenoxy) is 3. The molecule has 0 bridgehead atoms. The second kappa shape index (κ2) is 9.17. The summed E-state index contributed by atoms with van der Waals surface area (Å²) in [7, 11) is 1.58. The van der Waals surface area contributed by atoms with Gasteiger partial charge in [0.1, 0.15) is 0 Å². The van der Waals surface area contributed by atoms with E-state index < -0.39 is 0 Å². The number of carbonyl (C=O) groups excluding carboxylic acids is 1. The van der Waals surface area contributed by atoms with Crippen LogP contribution in [-0.4, -0.2) is 39.4 Å². The fraction of sp³-hybridized carbons (Fsp3) is 0.500. The summed E-state index contributed by atoms with van der Waals surface area (Å²) in [5.41, 5.74) is 6.47. The predicted molar refractivity (Wildman–Crippen MR) is 75.9 cm³/mol. The van der Waals surface area contributed by atoms with Gasteiger partial charge in [-0.05, 0) is 13.0 Å². The number of rotatable bonds is 9. The van der Waals surface area contributed by atoms with Crippen molar-refractivity contribution < 1.29 is 19.0 Å². The first-order chi connectivity index (χ1) is 9.72. The number of methoxy groups -OCH3 is 1. The van der Waals surface area contributed by atoms with Crippen LogP contribution in [0.5, 0.6) is 11.5 Å². The third-order valence-electron chi connectivity index (χ3n) is 2.56. The lowest BCUT2D eigenvalue weighted by atomic mass is 10.2. The van der Waals surface area contributed by atoms with Crippen molar-refractivity contribution in [2.45, 2.75) is 13.5 Å². The number of amides is 1. The van der Waals surface area contributed by atoms with E-state index in [4.69, 9.17) is 19.9 Å². The molecule has 6 heteroatoms.